The van der Waals surface area contributed by atoms with Crippen molar-refractivity contribution in [3.05, 3.63) is 64.9 Å². The van der Waals surface area contributed by atoms with Crippen LogP contribution in [-0.2, 0) is 13.1 Å². The summed E-state index contributed by atoms with van der Waals surface area (Å²) in [6, 6.07) is 7.42. The summed E-state index contributed by atoms with van der Waals surface area (Å²) in [7, 11) is 0. The molecule has 1 unspecified atom stereocenters. The van der Waals surface area contributed by atoms with Crippen LogP contribution in [0.15, 0.2) is 52.3 Å². The molecule has 0 amide bonds. The molecule has 0 bridgehead atoms. The summed E-state index contributed by atoms with van der Waals surface area (Å²) >= 11 is 0. The van der Waals surface area contributed by atoms with Gasteiger partial charge >= 0.3 is 0 Å². The first-order valence-corrected chi connectivity index (χ1v) is 9.76. The molecule has 4 rings (SSSR count). The Morgan fingerprint density at radius 3 is 2.96 bits per heavy atom. The number of nitrogens with zero attached hydrogens (tertiary/aromatic N) is 5. The largest absolute Gasteiger partial charge is 0.448 e. The second-order valence-corrected chi connectivity index (χ2v) is 7.57. The molecule has 3 aromatic rings. The summed E-state index contributed by atoms with van der Waals surface area (Å²) in [5.74, 6) is 1.25. The van der Waals surface area contributed by atoms with Crippen LogP contribution in [0.4, 0.5) is 0 Å². The fourth-order valence-electron chi connectivity index (χ4n) is 3.82. The zero-order chi connectivity index (χ0) is 19.5. The van der Waals surface area contributed by atoms with E-state index in [2.05, 4.69) is 33.8 Å². The Kier molecular flexibility index (Phi) is 5.34. The number of hydrogen-bond donors (Lipinski definition) is 0. The van der Waals surface area contributed by atoms with Gasteiger partial charge in [-0.3, -0.25) is 14.7 Å². The smallest absolute Gasteiger partial charge is 0.266 e. The SMILES string of the molecule is CC(C)c1ocnc1CN1CCCC1Cn1nc(-c2cccnc2)ccc1=O. The first kappa shape index (κ1) is 18.6. The zero-order valence-electron chi connectivity index (χ0n) is 16.3. The van der Waals surface area contributed by atoms with Crippen molar-refractivity contribution in [3.63, 3.8) is 0 Å². The lowest BCUT2D eigenvalue weighted by molar-refractivity contribution is 0.213. The van der Waals surface area contributed by atoms with Gasteiger partial charge in [0, 0.05) is 42.5 Å². The van der Waals surface area contributed by atoms with E-state index in [-0.39, 0.29) is 11.6 Å². The predicted octanol–water partition coefficient (Wildman–Crippen LogP) is 3.08. The first-order chi connectivity index (χ1) is 13.6. The van der Waals surface area contributed by atoms with Crippen molar-refractivity contribution >= 4 is 0 Å². The van der Waals surface area contributed by atoms with Crippen LogP contribution >= 0.6 is 0 Å². The number of rotatable bonds is 6. The van der Waals surface area contributed by atoms with Crippen LogP contribution in [-0.4, -0.2) is 37.2 Å². The number of aromatic nitrogens is 4. The first-order valence-electron chi connectivity index (χ1n) is 9.76. The lowest BCUT2D eigenvalue weighted by Crippen LogP contribution is -2.37. The maximum absolute atomic E-state index is 12.4. The second kappa shape index (κ2) is 8.06. The van der Waals surface area contributed by atoms with Gasteiger partial charge in [-0.1, -0.05) is 13.8 Å². The summed E-state index contributed by atoms with van der Waals surface area (Å²) in [6.45, 7) is 6.53. The Morgan fingerprint density at radius 1 is 1.29 bits per heavy atom. The molecule has 1 saturated heterocycles. The molecule has 7 heteroatoms. The van der Waals surface area contributed by atoms with Crippen molar-refractivity contribution in [1.82, 2.24) is 24.6 Å². The molecule has 1 aliphatic rings. The number of pyridine rings is 1. The minimum atomic E-state index is -0.0798. The lowest BCUT2D eigenvalue weighted by atomic mass is 10.1. The van der Waals surface area contributed by atoms with E-state index in [9.17, 15) is 4.79 Å². The van der Waals surface area contributed by atoms with Crippen LogP contribution in [0.2, 0.25) is 0 Å². The van der Waals surface area contributed by atoms with Crippen molar-refractivity contribution < 1.29 is 4.42 Å². The fraction of sp³-hybridized carbons (Fsp3) is 0.429. The minimum absolute atomic E-state index is 0.0798. The van der Waals surface area contributed by atoms with Crippen LogP contribution in [0, 0.1) is 0 Å². The van der Waals surface area contributed by atoms with Crippen molar-refractivity contribution in [2.24, 2.45) is 0 Å². The van der Waals surface area contributed by atoms with Gasteiger partial charge in [0.15, 0.2) is 6.39 Å². The van der Waals surface area contributed by atoms with Gasteiger partial charge < -0.3 is 4.42 Å². The zero-order valence-corrected chi connectivity index (χ0v) is 16.3. The van der Waals surface area contributed by atoms with E-state index in [1.165, 1.54) is 6.39 Å². The quantitative estimate of drug-likeness (QED) is 0.655. The number of oxazole rings is 1. The molecular weight excluding hydrogens is 354 g/mol. The van der Waals surface area contributed by atoms with E-state index < -0.39 is 0 Å². The predicted molar refractivity (Wildman–Crippen MR) is 106 cm³/mol. The molecule has 4 heterocycles. The lowest BCUT2D eigenvalue weighted by Gasteiger charge is -2.24. The third-order valence-corrected chi connectivity index (χ3v) is 5.26. The fourth-order valence-corrected chi connectivity index (χ4v) is 3.82. The van der Waals surface area contributed by atoms with E-state index in [0.717, 1.165) is 48.6 Å². The molecule has 3 aromatic heterocycles. The third kappa shape index (κ3) is 3.89. The molecule has 0 saturated carbocycles. The van der Waals surface area contributed by atoms with Gasteiger partial charge in [-0.25, -0.2) is 9.67 Å². The van der Waals surface area contributed by atoms with Crippen LogP contribution in [0.25, 0.3) is 11.3 Å². The monoisotopic (exact) mass is 379 g/mol. The van der Waals surface area contributed by atoms with Gasteiger partial charge in [-0.2, -0.15) is 5.10 Å². The Morgan fingerprint density at radius 2 is 2.18 bits per heavy atom. The highest BCUT2D eigenvalue weighted by Crippen LogP contribution is 2.25. The van der Waals surface area contributed by atoms with Crippen LogP contribution < -0.4 is 5.56 Å². The van der Waals surface area contributed by atoms with Gasteiger partial charge in [0.1, 0.15) is 5.76 Å². The summed E-state index contributed by atoms with van der Waals surface area (Å²) in [4.78, 5) is 23.3. The van der Waals surface area contributed by atoms with Gasteiger partial charge in [0.05, 0.1) is 17.9 Å². The van der Waals surface area contributed by atoms with Crippen molar-refractivity contribution in [2.45, 2.75) is 51.7 Å². The highest BCUT2D eigenvalue weighted by molar-refractivity contribution is 5.56. The average molecular weight is 379 g/mol. The highest BCUT2D eigenvalue weighted by Gasteiger charge is 2.27. The molecule has 0 aliphatic carbocycles. The van der Waals surface area contributed by atoms with Crippen LogP contribution in [0.3, 0.4) is 0 Å². The molecule has 146 valence electrons. The Labute approximate surface area is 164 Å². The maximum atomic E-state index is 12.4. The van der Waals surface area contributed by atoms with Crippen molar-refractivity contribution in [1.29, 1.82) is 0 Å². The Bertz CT molecular complexity index is 980. The average Bonchev–Trinajstić information content (AvgIpc) is 3.34. The van der Waals surface area contributed by atoms with Crippen LogP contribution in [0.5, 0.6) is 0 Å². The van der Waals surface area contributed by atoms with Gasteiger partial charge in [0.25, 0.3) is 5.56 Å². The molecule has 0 spiro atoms. The molecule has 0 N–H and O–H groups in total. The summed E-state index contributed by atoms with van der Waals surface area (Å²) in [5, 5.41) is 4.59. The van der Waals surface area contributed by atoms with E-state index >= 15 is 0 Å². The maximum Gasteiger partial charge on any atom is 0.266 e. The third-order valence-electron chi connectivity index (χ3n) is 5.26. The van der Waals surface area contributed by atoms with Gasteiger partial charge in [-0.15, -0.1) is 0 Å². The highest BCUT2D eigenvalue weighted by atomic mass is 16.3. The molecule has 0 radical (unpaired) electrons. The van der Waals surface area contributed by atoms with Gasteiger partial charge in [0.2, 0.25) is 0 Å². The van der Waals surface area contributed by atoms with E-state index in [1.807, 2.05) is 12.1 Å². The summed E-state index contributed by atoms with van der Waals surface area (Å²) in [6.07, 6.45) is 7.16. The molecule has 28 heavy (non-hydrogen) atoms. The Balaban J connectivity index is 1.53. The second-order valence-electron chi connectivity index (χ2n) is 7.57. The van der Waals surface area contributed by atoms with Crippen molar-refractivity contribution in [2.75, 3.05) is 6.54 Å². The molecule has 1 atom stereocenters. The Hall–Kier alpha value is -2.80. The standard InChI is InChI=1S/C21H25N5O2/c1-15(2)21-19(23-14-28-21)13-25-10-4-6-17(25)12-26-20(27)8-7-18(24-26)16-5-3-9-22-11-16/h3,5,7-9,11,14-15,17H,4,6,10,12-13H2,1-2H3. The molecule has 1 aliphatic heterocycles. The van der Waals surface area contributed by atoms with E-state index in [1.54, 1.807) is 29.2 Å². The van der Waals surface area contributed by atoms with E-state index in [0.29, 0.717) is 12.5 Å². The molecular formula is C21H25N5O2. The number of hydrogen-bond acceptors (Lipinski definition) is 6. The normalized spacial score (nSPS) is 17.5. The summed E-state index contributed by atoms with van der Waals surface area (Å²) < 4.78 is 7.14. The minimum Gasteiger partial charge on any atom is -0.448 e. The molecule has 7 nitrogen and oxygen atoms in total. The molecule has 1 fully saturated rings. The van der Waals surface area contributed by atoms with E-state index in [4.69, 9.17) is 4.42 Å². The number of likely N-dealkylation sites (tertiary alicyclic amines) is 1. The molecule has 0 aromatic carbocycles. The topological polar surface area (TPSA) is 77.1 Å². The summed E-state index contributed by atoms with van der Waals surface area (Å²) in [5.41, 5.74) is 2.58. The van der Waals surface area contributed by atoms with Crippen molar-refractivity contribution in [3.8, 4) is 11.3 Å². The van der Waals surface area contributed by atoms with Crippen LogP contribution in [0.1, 0.15) is 44.1 Å². The van der Waals surface area contributed by atoms with Gasteiger partial charge in [-0.05, 0) is 37.6 Å².